The normalized spacial score (nSPS) is 14.3. The Labute approximate surface area is 166 Å². The average Bonchev–Trinajstić information content (AvgIpc) is 2.73. The van der Waals surface area contributed by atoms with Crippen molar-refractivity contribution < 1.29 is 14.3 Å². The van der Waals surface area contributed by atoms with Crippen LogP contribution in [-0.2, 0) is 0 Å². The van der Waals surface area contributed by atoms with Gasteiger partial charge in [0.1, 0.15) is 5.75 Å². The summed E-state index contributed by atoms with van der Waals surface area (Å²) in [6.07, 6.45) is 6.48. The minimum absolute atomic E-state index is 0.136. The molecule has 0 saturated heterocycles. The quantitative estimate of drug-likeness (QED) is 0.726. The molecule has 1 saturated carbocycles. The topological polar surface area (TPSA) is 67.4 Å². The van der Waals surface area contributed by atoms with Crippen LogP contribution < -0.4 is 15.4 Å². The third-order valence-electron chi connectivity index (χ3n) is 4.93. The molecular formula is C23H28N2O3. The molecule has 0 bridgehead atoms. The zero-order valence-electron chi connectivity index (χ0n) is 16.4. The molecule has 148 valence electrons. The number of hydrogen-bond donors (Lipinski definition) is 2. The standard InChI is InChI=1S/C23H28N2O3/c1-2-15-28-19-12-8-9-17(16-19)22(26)25-21-14-7-6-13-20(21)23(27)24-18-10-4-3-5-11-18/h6-9,12-14,16,18H,2-5,10-11,15H2,1H3,(H,24,27)(H,25,26). The summed E-state index contributed by atoms with van der Waals surface area (Å²) in [5.74, 6) is 0.264. The van der Waals surface area contributed by atoms with Crippen molar-refractivity contribution in [2.24, 2.45) is 0 Å². The highest BCUT2D eigenvalue weighted by Crippen LogP contribution is 2.21. The molecule has 0 aromatic heterocycles. The van der Waals surface area contributed by atoms with E-state index in [4.69, 9.17) is 4.74 Å². The number of anilines is 1. The lowest BCUT2D eigenvalue weighted by molar-refractivity contribution is 0.0928. The number of nitrogens with one attached hydrogen (secondary N) is 2. The molecular weight excluding hydrogens is 352 g/mol. The largest absolute Gasteiger partial charge is 0.494 e. The van der Waals surface area contributed by atoms with E-state index in [9.17, 15) is 9.59 Å². The number of carbonyl (C=O) groups excluding carboxylic acids is 2. The second-order valence-corrected chi connectivity index (χ2v) is 7.18. The first kappa shape index (κ1) is 19.9. The maximum Gasteiger partial charge on any atom is 0.255 e. The smallest absolute Gasteiger partial charge is 0.255 e. The Morgan fingerprint density at radius 2 is 1.79 bits per heavy atom. The van der Waals surface area contributed by atoms with Crippen molar-refractivity contribution >= 4 is 17.5 Å². The van der Waals surface area contributed by atoms with Gasteiger partial charge in [-0.2, -0.15) is 0 Å². The molecule has 0 unspecified atom stereocenters. The first-order chi connectivity index (χ1) is 13.7. The molecule has 2 amide bonds. The average molecular weight is 380 g/mol. The first-order valence-corrected chi connectivity index (χ1v) is 10.1. The van der Waals surface area contributed by atoms with E-state index in [0.717, 1.165) is 32.1 Å². The van der Waals surface area contributed by atoms with Crippen LogP contribution in [0.5, 0.6) is 5.75 Å². The van der Waals surface area contributed by atoms with Gasteiger partial charge < -0.3 is 15.4 Å². The van der Waals surface area contributed by atoms with Crippen LogP contribution in [0.15, 0.2) is 48.5 Å². The Morgan fingerprint density at radius 3 is 2.57 bits per heavy atom. The van der Waals surface area contributed by atoms with Crippen LogP contribution >= 0.6 is 0 Å². The van der Waals surface area contributed by atoms with E-state index in [0.29, 0.717) is 29.2 Å². The van der Waals surface area contributed by atoms with Gasteiger partial charge in [0.05, 0.1) is 17.9 Å². The van der Waals surface area contributed by atoms with Crippen LogP contribution in [0.25, 0.3) is 0 Å². The molecule has 0 radical (unpaired) electrons. The Balaban J connectivity index is 1.70. The minimum Gasteiger partial charge on any atom is -0.494 e. The summed E-state index contributed by atoms with van der Waals surface area (Å²) in [5, 5.41) is 5.98. The highest BCUT2D eigenvalue weighted by Gasteiger charge is 2.19. The fourth-order valence-corrected chi connectivity index (χ4v) is 3.44. The number of ether oxygens (including phenoxy) is 1. The van der Waals surface area contributed by atoms with Crippen molar-refractivity contribution in [3.05, 3.63) is 59.7 Å². The predicted molar refractivity (Wildman–Crippen MR) is 111 cm³/mol. The van der Waals surface area contributed by atoms with Crippen molar-refractivity contribution in [3.63, 3.8) is 0 Å². The van der Waals surface area contributed by atoms with Crippen LogP contribution in [0.3, 0.4) is 0 Å². The molecule has 2 aromatic carbocycles. The van der Waals surface area contributed by atoms with Crippen LogP contribution in [0.2, 0.25) is 0 Å². The summed E-state index contributed by atoms with van der Waals surface area (Å²) in [6, 6.07) is 14.4. The van der Waals surface area contributed by atoms with E-state index >= 15 is 0 Å². The van der Waals surface area contributed by atoms with E-state index in [2.05, 4.69) is 10.6 Å². The van der Waals surface area contributed by atoms with E-state index in [1.165, 1.54) is 6.42 Å². The fourth-order valence-electron chi connectivity index (χ4n) is 3.44. The number of rotatable bonds is 7. The summed E-state index contributed by atoms with van der Waals surface area (Å²) in [5.41, 5.74) is 1.50. The van der Waals surface area contributed by atoms with Gasteiger partial charge in [0.15, 0.2) is 0 Å². The van der Waals surface area contributed by atoms with E-state index in [1.807, 2.05) is 25.1 Å². The van der Waals surface area contributed by atoms with Crippen LogP contribution in [0, 0.1) is 0 Å². The van der Waals surface area contributed by atoms with Crippen molar-refractivity contribution in [1.82, 2.24) is 5.32 Å². The Kier molecular flexibility index (Phi) is 7.06. The molecule has 0 atom stereocenters. The molecule has 2 N–H and O–H groups in total. The minimum atomic E-state index is -0.264. The van der Waals surface area contributed by atoms with Gasteiger partial charge in [0.2, 0.25) is 0 Å². The zero-order chi connectivity index (χ0) is 19.8. The molecule has 28 heavy (non-hydrogen) atoms. The van der Waals surface area contributed by atoms with E-state index < -0.39 is 0 Å². The van der Waals surface area contributed by atoms with Gasteiger partial charge in [-0.3, -0.25) is 9.59 Å². The van der Waals surface area contributed by atoms with Crippen LogP contribution in [-0.4, -0.2) is 24.5 Å². The molecule has 1 aliphatic rings. The lowest BCUT2D eigenvalue weighted by Gasteiger charge is -2.23. The van der Waals surface area contributed by atoms with Gasteiger partial charge >= 0.3 is 0 Å². The van der Waals surface area contributed by atoms with Gasteiger partial charge in [-0.25, -0.2) is 0 Å². The summed E-state index contributed by atoms with van der Waals surface area (Å²) < 4.78 is 5.60. The predicted octanol–water partition coefficient (Wildman–Crippen LogP) is 4.79. The molecule has 0 spiro atoms. The van der Waals surface area contributed by atoms with Gasteiger partial charge in [0, 0.05) is 11.6 Å². The highest BCUT2D eigenvalue weighted by atomic mass is 16.5. The lowest BCUT2D eigenvalue weighted by atomic mass is 9.95. The van der Waals surface area contributed by atoms with Crippen LogP contribution in [0.1, 0.15) is 66.2 Å². The number of amides is 2. The Hall–Kier alpha value is -2.82. The summed E-state index contributed by atoms with van der Waals surface area (Å²) >= 11 is 0. The Morgan fingerprint density at radius 1 is 1.00 bits per heavy atom. The highest BCUT2D eigenvalue weighted by molar-refractivity contribution is 6.09. The van der Waals surface area contributed by atoms with Crippen molar-refractivity contribution in [3.8, 4) is 5.75 Å². The molecule has 1 fully saturated rings. The fraction of sp³-hybridized carbons (Fsp3) is 0.391. The van der Waals surface area contributed by atoms with E-state index in [1.54, 1.807) is 30.3 Å². The number of carbonyl (C=O) groups is 2. The van der Waals surface area contributed by atoms with Gasteiger partial charge in [-0.05, 0) is 49.6 Å². The van der Waals surface area contributed by atoms with Crippen molar-refractivity contribution in [2.45, 2.75) is 51.5 Å². The molecule has 2 aromatic rings. The molecule has 0 heterocycles. The molecule has 0 aliphatic heterocycles. The second-order valence-electron chi connectivity index (χ2n) is 7.18. The lowest BCUT2D eigenvalue weighted by Crippen LogP contribution is -2.36. The van der Waals surface area contributed by atoms with Gasteiger partial charge in [0.25, 0.3) is 11.8 Å². The third kappa shape index (κ3) is 5.35. The molecule has 3 rings (SSSR count). The van der Waals surface area contributed by atoms with Crippen LogP contribution in [0.4, 0.5) is 5.69 Å². The summed E-state index contributed by atoms with van der Waals surface area (Å²) in [6.45, 7) is 2.64. The molecule has 1 aliphatic carbocycles. The maximum atomic E-state index is 12.7. The Bertz CT molecular complexity index is 813. The number of benzene rings is 2. The SMILES string of the molecule is CCCOc1cccc(C(=O)Nc2ccccc2C(=O)NC2CCCCC2)c1. The molecule has 5 heteroatoms. The monoisotopic (exact) mass is 380 g/mol. The zero-order valence-corrected chi connectivity index (χ0v) is 16.4. The summed E-state index contributed by atoms with van der Waals surface area (Å²) in [4.78, 5) is 25.4. The maximum absolute atomic E-state index is 12.7. The van der Waals surface area contributed by atoms with Gasteiger partial charge in [-0.15, -0.1) is 0 Å². The van der Waals surface area contributed by atoms with Crippen molar-refractivity contribution in [1.29, 1.82) is 0 Å². The number of para-hydroxylation sites is 1. The summed E-state index contributed by atoms with van der Waals surface area (Å²) in [7, 11) is 0. The number of hydrogen-bond acceptors (Lipinski definition) is 3. The third-order valence-corrected chi connectivity index (χ3v) is 4.93. The van der Waals surface area contributed by atoms with E-state index in [-0.39, 0.29) is 17.9 Å². The first-order valence-electron chi connectivity index (χ1n) is 10.1. The van der Waals surface area contributed by atoms with Crippen molar-refractivity contribution in [2.75, 3.05) is 11.9 Å². The molecule has 5 nitrogen and oxygen atoms in total. The van der Waals surface area contributed by atoms with Gasteiger partial charge in [-0.1, -0.05) is 44.4 Å². The second kappa shape index (κ2) is 9.93.